The molecule has 1 saturated carbocycles. The van der Waals surface area contributed by atoms with Crippen LogP contribution in [0.1, 0.15) is 30.4 Å². The summed E-state index contributed by atoms with van der Waals surface area (Å²) in [5.74, 6) is 1.11. The summed E-state index contributed by atoms with van der Waals surface area (Å²) in [6.07, 6.45) is 3.58. The number of fused-ring (bicyclic) bond motifs is 1. The van der Waals surface area contributed by atoms with E-state index in [0.29, 0.717) is 36.4 Å². The number of nitrogens with zero attached hydrogens (tertiary/aromatic N) is 1. The highest BCUT2D eigenvalue weighted by Gasteiger charge is 2.41. The number of benzene rings is 1. The maximum absolute atomic E-state index is 13.0. The second kappa shape index (κ2) is 5.65. The number of sulfonamides is 1. The average molecular weight is 373 g/mol. The SMILES string of the molecule is Cc1c(Br)cc(CN)cc1S(=O)(=O)N1CC2CCCC2C1. The number of rotatable bonds is 3. The van der Waals surface area contributed by atoms with Gasteiger partial charge in [-0.25, -0.2) is 8.42 Å². The lowest BCUT2D eigenvalue weighted by Gasteiger charge is -2.20. The van der Waals surface area contributed by atoms with Gasteiger partial charge in [-0.3, -0.25) is 0 Å². The molecule has 4 nitrogen and oxygen atoms in total. The maximum atomic E-state index is 13.0. The summed E-state index contributed by atoms with van der Waals surface area (Å²) in [6, 6.07) is 3.62. The van der Waals surface area contributed by atoms with Crippen molar-refractivity contribution in [3.63, 3.8) is 0 Å². The lowest BCUT2D eigenvalue weighted by molar-refractivity contribution is 0.445. The highest BCUT2D eigenvalue weighted by atomic mass is 79.9. The zero-order chi connectivity index (χ0) is 15.2. The first-order valence-electron chi connectivity index (χ1n) is 7.42. The lowest BCUT2D eigenvalue weighted by Crippen LogP contribution is -2.30. The predicted octanol–water partition coefficient (Wildman–Crippen LogP) is 2.64. The molecule has 1 heterocycles. The minimum absolute atomic E-state index is 0.340. The van der Waals surface area contributed by atoms with E-state index in [1.165, 1.54) is 19.3 Å². The van der Waals surface area contributed by atoms with Crippen LogP contribution in [0.2, 0.25) is 0 Å². The molecule has 2 aliphatic rings. The first-order chi connectivity index (χ1) is 9.93. The summed E-state index contributed by atoms with van der Waals surface area (Å²) in [7, 11) is -3.42. The lowest BCUT2D eigenvalue weighted by atomic mass is 10.0. The summed E-state index contributed by atoms with van der Waals surface area (Å²) in [6.45, 7) is 3.54. The van der Waals surface area contributed by atoms with Crippen LogP contribution in [-0.2, 0) is 16.6 Å². The van der Waals surface area contributed by atoms with Crippen LogP contribution in [0.25, 0.3) is 0 Å². The zero-order valence-electron chi connectivity index (χ0n) is 12.2. The van der Waals surface area contributed by atoms with Crippen molar-refractivity contribution in [3.05, 3.63) is 27.7 Å². The molecule has 3 rings (SSSR count). The Morgan fingerprint density at radius 1 is 1.29 bits per heavy atom. The number of hydrogen-bond donors (Lipinski definition) is 1. The van der Waals surface area contributed by atoms with E-state index in [1.54, 1.807) is 10.4 Å². The minimum Gasteiger partial charge on any atom is -0.326 e. The van der Waals surface area contributed by atoms with Crippen molar-refractivity contribution in [1.29, 1.82) is 0 Å². The van der Waals surface area contributed by atoms with Gasteiger partial charge in [0, 0.05) is 24.1 Å². The Morgan fingerprint density at radius 3 is 2.48 bits per heavy atom. The molecular weight excluding hydrogens is 352 g/mol. The molecule has 2 N–H and O–H groups in total. The number of halogens is 1. The van der Waals surface area contributed by atoms with Crippen LogP contribution in [0.3, 0.4) is 0 Å². The van der Waals surface area contributed by atoms with Crippen LogP contribution in [0.4, 0.5) is 0 Å². The van der Waals surface area contributed by atoms with Gasteiger partial charge in [0.15, 0.2) is 0 Å². The Bertz CT molecular complexity index is 648. The fourth-order valence-corrected chi connectivity index (χ4v) is 6.11. The normalized spacial score (nSPS) is 26.2. The average Bonchev–Trinajstić information content (AvgIpc) is 3.02. The van der Waals surface area contributed by atoms with E-state index >= 15 is 0 Å². The molecule has 6 heteroatoms. The van der Waals surface area contributed by atoms with Crippen molar-refractivity contribution in [2.75, 3.05) is 13.1 Å². The van der Waals surface area contributed by atoms with Crippen LogP contribution < -0.4 is 5.73 Å². The Kier molecular flexibility index (Phi) is 4.16. The Hall–Kier alpha value is -0.430. The molecule has 0 amide bonds. The van der Waals surface area contributed by atoms with E-state index in [0.717, 1.165) is 15.6 Å². The third-order valence-electron chi connectivity index (χ3n) is 4.90. The van der Waals surface area contributed by atoms with E-state index in [2.05, 4.69) is 15.9 Å². The van der Waals surface area contributed by atoms with E-state index in [-0.39, 0.29) is 0 Å². The highest BCUT2D eigenvalue weighted by Crippen LogP contribution is 2.40. The number of nitrogens with two attached hydrogens (primary N) is 1. The van der Waals surface area contributed by atoms with Crippen LogP contribution in [0, 0.1) is 18.8 Å². The van der Waals surface area contributed by atoms with E-state index in [1.807, 2.05) is 13.0 Å². The molecule has 1 aliphatic heterocycles. The predicted molar refractivity (Wildman–Crippen MR) is 86.4 cm³/mol. The second-order valence-corrected chi connectivity index (χ2v) is 8.94. The Morgan fingerprint density at radius 2 is 1.90 bits per heavy atom. The molecule has 2 fully saturated rings. The molecule has 2 unspecified atom stereocenters. The summed E-state index contributed by atoms with van der Waals surface area (Å²) in [5, 5.41) is 0. The largest absolute Gasteiger partial charge is 0.326 e. The fourth-order valence-electron chi connectivity index (χ4n) is 3.62. The van der Waals surface area contributed by atoms with Crippen molar-refractivity contribution in [2.24, 2.45) is 17.6 Å². The van der Waals surface area contributed by atoms with E-state index in [4.69, 9.17) is 5.73 Å². The smallest absolute Gasteiger partial charge is 0.243 e. The van der Waals surface area contributed by atoms with Crippen LogP contribution >= 0.6 is 15.9 Å². The second-order valence-electron chi connectivity index (χ2n) is 6.18. The first kappa shape index (κ1) is 15.5. The highest BCUT2D eigenvalue weighted by molar-refractivity contribution is 9.10. The summed E-state index contributed by atoms with van der Waals surface area (Å²) >= 11 is 3.45. The van der Waals surface area contributed by atoms with E-state index < -0.39 is 10.0 Å². The molecule has 1 aromatic carbocycles. The molecule has 0 spiro atoms. The molecule has 1 aromatic rings. The van der Waals surface area contributed by atoms with Crippen LogP contribution in [0.5, 0.6) is 0 Å². The summed E-state index contributed by atoms with van der Waals surface area (Å²) in [5.41, 5.74) is 7.29. The fraction of sp³-hybridized carbons (Fsp3) is 0.600. The van der Waals surface area contributed by atoms with Crippen molar-refractivity contribution < 1.29 is 8.42 Å². The monoisotopic (exact) mass is 372 g/mol. The van der Waals surface area contributed by atoms with Crippen molar-refractivity contribution in [1.82, 2.24) is 4.31 Å². The third-order valence-corrected chi connectivity index (χ3v) is 7.68. The van der Waals surface area contributed by atoms with Gasteiger partial charge in [0.2, 0.25) is 10.0 Å². The molecule has 2 atom stereocenters. The molecule has 21 heavy (non-hydrogen) atoms. The van der Waals surface area contributed by atoms with Gasteiger partial charge >= 0.3 is 0 Å². The molecule has 0 radical (unpaired) electrons. The zero-order valence-corrected chi connectivity index (χ0v) is 14.6. The van der Waals surface area contributed by atoms with Gasteiger partial charge in [0.1, 0.15) is 0 Å². The van der Waals surface area contributed by atoms with Gasteiger partial charge in [0.25, 0.3) is 0 Å². The molecule has 1 aliphatic carbocycles. The van der Waals surface area contributed by atoms with Gasteiger partial charge in [0.05, 0.1) is 4.90 Å². The van der Waals surface area contributed by atoms with Crippen LogP contribution in [0.15, 0.2) is 21.5 Å². The Labute approximate surface area is 134 Å². The van der Waals surface area contributed by atoms with Gasteiger partial charge in [-0.15, -0.1) is 0 Å². The van der Waals surface area contributed by atoms with Crippen molar-refractivity contribution in [2.45, 2.75) is 37.6 Å². The van der Waals surface area contributed by atoms with Crippen molar-refractivity contribution in [3.8, 4) is 0 Å². The van der Waals surface area contributed by atoms with Crippen LogP contribution in [-0.4, -0.2) is 25.8 Å². The number of hydrogen-bond acceptors (Lipinski definition) is 3. The summed E-state index contributed by atoms with van der Waals surface area (Å²) < 4.78 is 28.4. The van der Waals surface area contributed by atoms with Gasteiger partial charge < -0.3 is 5.73 Å². The molecule has 0 bridgehead atoms. The Balaban J connectivity index is 1.97. The third kappa shape index (κ3) is 2.67. The first-order valence-corrected chi connectivity index (χ1v) is 9.66. The molecular formula is C15H21BrN2O2S. The molecule has 116 valence electrons. The van der Waals surface area contributed by atoms with Gasteiger partial charge in [-0.2, -0.15) is 4.31 Å². The van der Waals surface area contributed by atoms with E-state index in [9.17, 15) is 8.42 Å². The van der Waals surface area contributed by atoms with Crippen molar-refractivity contribution >= 4 is 26.0 Å². The molecule has 0 aromatic heterocycles. The van der Waals surface area contributed by atoms with Gasteiger partial charge in [-0.1, -0.05) is 22.4 Å². The standard InChI is InChI=1S/C15H21BrN2O2S/c1-10-14(16)5-11(7-17)6-15(10)21(19,20)18-8-12-3-2-4-13(12)9-18/h5-6,12-13H,2-4,7-9,17H2,1H3. The quantitative estimate of drug-likeness (QED) is 0.886. The summed E-state index contributed by atoms with van der Waals surface area (Å²) in [4.78, 5) is 0.400. The minimum atomic E-state index is -3.42. The maximum Gasteiger partial charge on any atom is 0.243 e. The topological polar surface area (TPSA) is 63.4 Å². The molecule has 1 saturated heterocycles. The van der Waals surface area contributed by atoms with Gasteiger partial charge in [-0.05, 0) is 54.9 Å².